The van der Waals surface area contributed by atoms with Crippen LogP contribution in [0.3, 0.4) is 0 Å². The van der Waals surface area contributed by atoms with E-state index in [9.17, 15) is 0 Å². The van der Waals surface area contributed by atoms with Gasteiger partial charge in [-0.3, -0.25) is 5.14 Å². The number of nitrogens with two attached hydrogens (primary N) is 1. The highest BCUT2D eigenvalue weighted by Crippen LogP contribution is 2.00. The number of rotatable bonds is 1. The summed E-state index contributed by atoms with van der Waals surface area (Å²) in [6.45, 7) is 4.29. The maximum Gasteiger partial charge on any atom is 0.0227 e. The molecule has 3 nitrogen and oxygen atoms in total. The molecular weight excluding hydrogens is 122 g/mol. The van der Waals surface area contributed by atoms with Gasteiger partial charge in [0, 0.05) is 38.3 Å². The van der Waals surface area contributed by atoms with E-state index in [0.717, 1.165) is 26.2 Å². The average molecular weight is 133 g/mol. The summed E-state index contributed by atoms with van der Waals surface area (Å²) < 4.78 is 2.15. The van der Waals surface area contributed by atoms with Crippen LogP contribution in [0.1, 0.15) is 0 Å². The van der Waals surface area contributed by atoms with Crippen LogP contribution in [-0.4, -0.2) is 30.5 Å². The summed E-state index contributed by atoms with van der Waals surface area (Å²) in [5.41, 5.74) is 0. The van der Waals surface area contributed by atoms with Crippen molar-refractivity contribution in [2.24, 2.45) is 5.14 Å². The monoisotopic (exact) mass is 133 g/mol. The third-order valence-corrected chi connectivity index (χ3v) is 1.89. The second-order valence-corrected chi connectivity index (χ2v) is 2.51. The zero-order valence-electron chi connectivity index (χ0n) is 4.76. The van der Waals surface area contributed by atoms with Crippen molar-refractivity contribution < 1.29 is 0 Å². The lowest BCUT2D eigenvalue weighted by molar-refractivity contribution is 0.396. The van der Waals surface area contributed by atoms with Gasteiger partial charge in [0.05, 0.1) is 0 Å². The van der Waals surface area contributed by atoms with Crippen molar-refractivity contribution in [1.29, 1.82) is 0 Å². The molecule has 0 atom stereocenters. The van der Waals surface area contributed by atoms with Crippen molar-refractivity contribution in [3.05, 3.63) is 0 Å². The maximum absolute atomic E-state index is 5.32. The summed E-state index contributed by atoms with van der Waals surface area (Å²) in [5.74, 6) is 0. The van der Waals surface area contributed by atoms with Gasteiger partial charge in [-0.15, -0.1) is 0 Å². The molecule has 0 saturated carbocycles. The molecular formula is C4H11N3S. The normalized spacial score (nSPS) is 23.6. The summed E-state index contributed by atoms with van der Waals surface area (Å²) in [5, 5.41) is 8.56. The lowest BCUT2D eigenvalue weighted by Crippen LogP contribution is -2.40. The van der Waals surface area contributed by atoms with Crippen molar-refractivity contribution in [3.63, 3.8) is 0 Å². The van der Waals surface area contributed by atoms with Crippen LogP contribution in [0, 0.1) is 0 Å². The van der Waals surface area contributed by atoms with Gasteiger partial charge in [0.2, 0.25) is 0 Å². The minimum Gasteiger partial charge on any atom is -0.314 e. The smallest absolute Gasteiger partial charge is 0.0227 e. The fraction of sp³-hybridized carbons (Fsp3) is 1.00. The van der Waals surface area contributed by atoms with Gasteiger partial charge in [-0.2, -0.15) is 0 Å². The zero-order valence-corrected chi connectivity index (χ0v) is 5.58. The van der Waals surface area contributed by atoms with Gasteiger partial charge in [-0.1, -0.05) is 0 Å². The second kappa shape index (κ2) is 3.29. The van der Waals surface area contributed by atoms with Crippen LogP contribution in [0.25, 0.3) is 0 Å². The summed E-state index contributed by atoms with van der Waals surface area (Å²) in [6.07, 6.45) is 0. The van der Waals surface area contributed by atoms with Crippen molar-refractivity contribution in [2.45, 2.75) is 0 Å². The van der Waals surface area contributed by atoms with Gasteiger partial charge in [-0.05, 0) is 0 Å². The minimum absolute atomic E-state index is 1.07. The Morgan fingerprint density at radius 3 is 2.38 bits per heavy atom. The van der Waals surface area contributed by atoms with Crippen LogP contribution in [0.2, 0.25) is 0 Å². The van der Waals surface area contributed by atoms with E-state index < -0.39 is 0 Å². The zero-order chi connectivity index (χ0) is 5.82. The number of hydrogen-bond acceptors (Lipinski definition) is 4. The largest absolute Gasteiger partial charge is 0.314 e. The van der Waals surface area contributed by atoms with Crippen LogP contribution in [0.15, 0.2) is 0 Å². The molecule has 48 valence electrons. The molecule has 0 radical (unpaired) electrons. The highest BCUT2D eigenvalue weighted by atomic mass is 32.2. The van der Waals surface area contributed by atoms with Gasteiger partial charge < -0.3 is 5.32 Å². The summed E-state index contributed by atoms with van der Waals surface area (Å²) in [7, 11) is 0. The first-order valence-electron chi connectivity index (χ1n) is 2.76. The first kappa shape index (κ1) is 6.35. The van der Waals surface area contributed by atoms with E-state index in [1.165, 1.54) is 12.1 Å². The van der Waals surface area contributed by atoms with Gasteiger partial charge in [0.1, 0.15) is 0 Å². The van der Waals surface area contributed by atoms with Crippen LogP contribution >= 0.6 is 12.1 Å². The van der Waals surface area contributed by atoms with Crippen LogP contribution in [0.5, 0.6) is 0 Å². The molecule has 4 heteroatoms. The molecule has 0 unspecified atom stereocenters. The Hall–Kier alpha value is 0.230. The van der Waals surface area contributed by atoms with Crippen molar-refractivity contribution >= 4 is 12.1 Å². The van der Waals surface area contributed by atoms with Crippen molar-refractivity contribution in [2.75, 3.05) is 26.2 Å². The Morgan fingerprint density at radius 2 is 2.00 bits per heavy atom. The quantitative estimate of drug-likeness (QED) is 0.469. The van der Waals surface area contributed by atoms with E-state index in [-0.39, 0.29) is 0 Å². The Morgan fingerprint density at radius 1 is 1.38 bits per heavy atom. The molecule has 0 aliphatic carbocycles. The standard InChI is InChI=1S/C4H11N3S/c5-8-7-3-1-6-2-4-7/h6H,1-5H2. The third-order valence-electron chi connectivity index (χ3n) is 1.23. The maximum atomic E-state index is 5.32. The van der Waals surface area contributed by atoms with Gasteiger partial charge in [-0.25, -0.2) is 4.31 Å². The summed E-state index contributed by atoms with van der Waals surface area (Å²) in [4.78, 5) is 0. The molecule has 8 heavy (non-hydrogen) atoms. The molecule has 1 aliphatic rings. The lowest BCUT2D eigenvalue weighted by atomic mass is 10.4. The molecule has 1 fully saturated rings. The Labute approximate surface area is 53.9 Å². The molecule has 0 aromatic rings. The average Bonchev–Trinajstić information content (AvgIpc) is 1.90. The van der Waals surface area contributed by atoms with E-state index in [1.807, 2.05) is 0 Å². The highest BCUT2D eigenvalue weighted by Gasteiger charge is 2.06. The molecule has 1 heterocycles. The van der Waals surface area contributed by atoms with E-state index in [2.05, 4.69) is 9.62 Å². The first-order valence-corrected chi connectivity index (χ1v) is 3.59. The van der Waals surface area contributed by atoms with Crippen LogP contribution in [-0.2, 0) is 0 Å². The molecule has 0 amide bonds. The van der Waals surface area contributed by atoms with E-state index in [4.69, 9.17) is 5.14 Å². The van der Waals surface area contributed by atoms with E-state index in [1.54, 1.807) is 0 Å². The number of piperazine rings is 1. The van der Waals surface area contributed by atoms with Gasteiger partial charge in [0.25, 0.3) is 0 Å². The SMILES string of the molecule is NSN1CCNCC1. The first-order chi connectivity index (χ1) is 3.93. The molecule has 1 aliphatic heterocycles. The van der Waals surface area contributed by atoms with Gasteiger partial charge >= 0.3 is 0 Å². The number of hydrogen-bond donors (Lipinski definition) is 2. The van der Waals surface area contributed by atoms with Crippen LogP contribution in [0.4, 0.5) is 0 Å². The third kappa shape index (κ3) is 1.63. The Kier molecular flexibility index (Phi) is 2.62. The predicted octanol–water partition coefficient (Wildman–Crippen LogP) is -0.587. The van der Waals surface area contributed by atoms with Crippen molar-refractivity contribution in [3.8, 4) is 0 Å². The molecule has 0 bridgehead atoms. The van der Waals surface area contributed by atoms with E-state index >= 15 is 0 Å². The molecule has 1 saturated heterocycles. The van der Waals surface area contributed by atoms with Crippen molar-refractivity contribution in [1.82, 2.24) is 9.62 Å². The Bertz CT molecular complexity index is 62.3. The minimum atomic E-state index is 1.07. The molecule has 0 aromatic carbocycles. The summed E-state index contributed by atoms with van der Waals surface area (Å²) >= 11 is 1.34. The molecule has 1 rings (SSSR count). The number of nitrogens with zero attached hydrogens (tertiary/aromatic N) is 1. The summed E-state index contributed by atoms with van der Waals surface area (Å²) in [6, 6.07) is 0. The predicted molar refractivity (Wildman–Crippen MR) is 36.2 cm³/mol. The van der Waals surface area contributed by atoms with Crippen LogP contribution < -0.4 is 10.5 Å². The fourth-order valence-corrected chi connectivity index (χ4v) is 1.14. The topological polar surface area (TPSA) is 41.3 Å². The molecule has 3 N–H and O–H groups in total. The highest BCUT2D eigenvalue weighted by molar-refractivity contribution is 7.94. The molecule has 0 aromatic heterocycles. The van der Waals surface area contributed by atoms with Gasteiger partial charge in [0.15, 0.2) is 0 Å². The molecule has 0 spiro atoms. The number of nitrogens with one attached hydrogen (secondary N) is 1. The Balaban J connectivity index is 2.13. The second-order valence-electron chi connectivity index (χ2n) is 1.78. The fourth-order valence-electron chi connectivity index (χ4n) is 0.750. The van der Waals surface area contributed by atoms with E-state index in [0.29, 0.717) is 0 Å². The lowest BCUT2D eigenvalue weighted by Gasteiger charge is -2.23.